The second-order valence-corrected chi connectivity index (χ2v) is 7.96. The normalized spacial score (nSPS) is 11.7. The van der Waals surface area contributed by atoms with Gasteiger partial charge in [-0.15, -0.1) is 6.42 Å². The van der Waals surface area contributed by atoms with E-state index in [1.807, 2.05) is 24.3 Å². The highest BCUT2D eigenvalue weighted by Crippen LogP contribution is 2.24. The summed E-state index contributed by atoms with van der Waals surface area (Å²) in [4.78, 5) is 10.8. The number of hydrogen-bond donors (Lipinski definition) is 2. The van der Waals surface area contributed by atoms with E-state index in [9.17, 15) is 5.11 Å². The van der Waals surface area contributed by atoms with Crippen molar-refractivity contribution in [3.8, 4) is 24.0 Å². The first-order chi connectivity index (χ1) is 15.0. The predicted octanol–water partition coefficient (Wildman–Crippen LogP) is 4.25. The van der Waals surface area contributed by atoms with Crippen molar-refractivity contribution in [3.63, 3.8) is 0 Å². The van der Waals surface area contributed by atoms with Gasteiger partial charge in [0.25, 0.3) is 0 Å². The number of anilines is 2. The molecule has 8 heteroatoms. The van der Waals surface area contributed by atoms with Crippen molar-refractivity contribution >= 4 is 27.6 Å². The first-order valence-electron chi connectivity index (χ1n) is 10.5. The molecular formula is C23H31BrN4O3. The highest BCUT2D eigenvalue weighted by Gasteiger charge is 2.12. The van der Waals surface area contributed by atoms with Crippen molar-refractivity contribution in [2.45, 2.75) is 39.2 Å². The summed E-state index contributed by atoms with van der Waals surface area (Å²) in [6.07, 6.45) is 9.66. The number of unbranched alkanes of at least 4 members (excludes halogenated alkanes) is 1. The van der Waals surface area contributed by atoms with Crippen molar-refractivity contribution in [3.05, 3.63) is 34.9 Å². The summed E-state index contributed by atoms with van der Waals surface area (Å²) >= 11 is 3.33. The number of benzene rings is 1. The second-order valence-electron chi connectivity index (χ2n) is 7.11. The summed E-state index contributed by atoms with van der Waals surface area (Å²) in [6.45, 7) is 7.34. The fourth-order valence-electron chi connectivity index (χ4n) is 2.92. The number of aromatic nitrogens is 2. The molecule has 31 heavy (non-hydrogen) atoms. The highest BCUT2D eigenvalue weighted by atomic mass is 79.9. The average Bonchev–Trinajstić information content (AvgIpc) is 2.77. The van der Waals surface area contributed by atoms with E-state index in [0.29, 0.717) is 28.6 Å². The van der Waals surface area contributed by atoms with Gasteiger partial charge in [-0.3, -0.25) is 0 Å². The van der Waals surface area contributed by atoms with Crippen LogP contribution in [0.15, 0.2) is 34.9 Å². The van der Waals surface area contributed by atoms with Gasteiger partial charge >= 0.3 is 0 Å². The summed E-state index contributed by atoms with van der Waals surface area (Å²) in [7, 11) is 0. The lowest BCUT2D eigenvalue weighted by atomic mass is 10.2. The van der Waals surface area contributed by atoms with Gasteiger partial charge in [0, 0.05) is 12.2 Å². The van der Waals surface area contributed by atoms with E-state index in [1.54, 1.807) is 6.20 Å². The number of hydrogen-bond acceptors (Lipinski definition) is 7. The zero-order valence-electron chi connectivity index (χ0n) is 18.2. The Bertz CT molecular complexity index is 827. The summed E-state index contributed by atoms with van der Waals surface area (Å²) < 4.78 is 11.8. The smallest absolute Gasteiger partial charge is 0.233 e. The molecule has 2 N–H and O–H groups in total. The second kappa shape index (κ2) is 13.9. The third kappa shape index (κ3) is 9.13. The molecule has 1 atom stereocenters. The Morgan fingerprint density at radius 3 is 2.65 bits per heavy atom. The number of rotatable bonds is 14. The summed E-state index contributed by atoms with van der Waals surface area (Å²) in [6, 6.07) is 7.40. The Hall–Kier alpha value is -2.34. The quantitative estimate of drug-likeness (QED) is 0.383. The minimum Gasteiger partial charge on any atom is -0.491 e. The van der Waals surface area contributed by atoms with Crippen LogP contribution < -0.4 is 14.8 Å². The molecule has 2 rings (SSSR count). The minimum atomic E-state index is -0.529. The Kier molecular flexibility index (Phi) is 11.1. The molecule has 0 aliphatic rings. The van der Waals surface area contributed by atoms with E-state index < -0.39 is 6.10 Å². The molecule has 0 radical (unpaired) electrons. The number of aliphatic hydroxyl groups excluding tert-OH is 1. The maximum absolute atomic E-state index is 10.3. The number of nitrogens with one attached hydrogen (secondary N) is 1. The number of nitrogens with zero attached hydrogens (tertiary/aromatic N) is 3. The largest absolute Gasteiger partial charge is 0.491 e. The molecular weight excluding hydrogens is 460 g/mol. The first-order valence-corrected chi connectivity index (χ1v) is 11.3. The number of ether oxygens (including phenoxy) is 2. The Morgan fingerprint density at radius 2 is 1.97 bits per heavy atom. The molecule has 0 bridgehead atoms. The van der Waals surface area contributed by atoms with Crippen molar-refractivity contribution in [2.24, 2.45) is 0 Å². The first kappa shape index (κ1) is 24.9. The SMILES string of the molecule is C#CCOc1nc(Nc2ccc(OCC(O)CN(CCC)CCCC)cc2)ncc1Br. The molecule has 1 aromatic carbocycles. The third-order valence-electron chi connectivity index (χ3n) is 4.39. The maximum atomic E-state index is 10.3. The zero-order chi connectivity index (χ0) is 22.5. The van der Waals surface area contributed by atoms with Gasteiger partial charge in [-0.25, -0.2) is 4.98 Å². The van der Waals surface area contributed by atoms with Crippen LogP contribution in [0.4, 0.5) is 11.6 Å². The van der Waals surface area contributed by atoms with Crippen LogP contribution >= 0.6 is 15.9 Å². The van der Waals surface area contributed by atoms with Crippen LogP contribution in [-0.2, 0) is 0 Å². The van der Waals surface area contributed by atoms with Gasteiger partial charge in [0.05, 0.1) is 10.7 Å². The van der Waals surface area contributed by atoms with Crippen LogP contribution in [0.1, 0.15) is 33.1 Å². The van der Waals surface area contributed by atoms with E-state index in [4.69, 9.17) is 15.9 Å². The average molecular weight is 491 g/mol. The van der Waals surface area contributed by atoms with Gasteiger partial charge in [0.1, 0.15) is 18.5 Å². The van der Waals surface area contributed by atoms with Crippen molar-refractivity contribution in [2.75, 3.05) is 38.2 Å². The standard InChI is InChI=1S/C23H31BrN4O3/c1-4-7-13-28(12-5-2)16-19(29)17-31-20-10-8-18(9-11-20)26-23-25-15-21(24)22(27-23)30-14-6-3/h3,8-11,15,19,29H,4-5,7,12-14,16-17H2,1-2H3,(H,25,26,27). The van der Waals surface area contributed by atoms with E-state index in [-0.39, 0.29) is 13.2 Å². The van der Waals surface area contributed by atoms with Crippen molar-refractivity contribution in [1.82, 2.24) is 14.9 Å². The summed E-state index contributed by atoms with van der Waals surface area (Å²) in [5.74, 6) is 3.86. The fourth-order valence-corrected chi connectivity index (χ4v) is 3.23. The number of halogens is 1. The van der Waals surface area contributed by atoms with Crippen LogP contribution in [0.3, 0.4) is 0 Å². The number of terminal acetylenes is 1. The van der Waals surface area contributed by atoms with E-state index in [2.05, 4.69) is 55.9 Å². The Labute approximate surface area is 193 Å². The topological polar surface area (TPSA) is 79.7 Å². The Morgan fingerprint density at radius 1 is 1.19 bits per heavy atom. The van der Waals surface area contributed by atoms with Crippen LogP contribution in [-0.4, -0.2) is 58.9 Å². The van der Waals surface area contributed by atoms with Crippen molar-refractivity contribution in [1.29, 1.82) is 0 Å². The molecule has 168 valence electrons. The van der Waals surface area contributed by atoms with Gasteiger partial charge in [0.15, 0.2) is 6.61 Å². The zero-order valence-corrected chi connectivity index (χ0v) is 19.8. The van der Waals surface area contributed by atoms with E-state index in [1.165, 1.54) is 0 Å². The molecule has 0 fully saturated rings. The van der Waals surface area contributed by atoms with Crippen LogP contribution in [0.5, 0.6) is 11.6 Å². The van der Waals surface area contributed by atoms with E-state index in [0.717, 1.165) is 38.0 Å². The number of aliphatic hydroxyl groups is 1. The molecule has 2 aromatic rings. The Balaban J connectivity index is 1.86. The molecule has 0 spiro atoms. The maximum Gasteiger partial charge on any atom is 0.233 e. The van der Waals surface area contributed by atoms with Crippen LogP contribution in [0.2, 0.25) is 0 Å². The predicted molar refractivity (Wildman–Crippen MR) is 127 cm³/mol. The van der Waals surface area contributed by atoms with Gasteiger partial charge < -0.3 is 24.8 Å². The minimum absolute atomic E-state index is 0.127. The lowest BCUT2D eigenvalue weighted by Gasteiger charge is -2.24. The molecule has 1 unspecified atom stereocenters. The van der Waals surface area contributed by atoms with Gasteiger partial charge in [0.2, 0.25) is 11.8 Å². The third-order valence-corrected chi connectivity index (χ3v) is 4.94. The molecule has 0 amide bonds. The molecule has 0 saturated carbocycles. The molecule has 0 saturated heterocycles. The molecule has 7 nitrogen and oxygen atoms in total. The van der Waals surface area contributed by atoms with Gasteiger partial charge in [-0.2, -0.15) is 4.98 Å². The summed E-state index contributed by atoms with van der Waals surface area (Å²) in [5, 5.41) is 13.5. The molecule has 0 aliphatic heterocycles. The molecule has 0 aliphatic carbocycles. The van der Waals surface area contributed by atoms with Gasteiger partial charge in [-0.1, -0.05) is 26.2 Å². The fraction of sp³-hybridized carbons (Fsp3) is 0.478. The molecule has 1 heterocycles. The monoisotopic (exact) mass is 490 g/mol. The molecule has 1 aromatic heterocycles. The van der Waals surface area contributed by atoms with Crippen molar-refractivity contribution < 1.29 is 14.6 Å². The van der Waals surface area contributed by atoms with Crippen LogP contribution in [0, 0.1) is 12.3 Å². The van der Waals surface area contributed by atoms with Crippen LogP contribution in [0.25, 0.3) is 0 Å². The summed E-state index contributed by atoms with van der Waals surface area (Å²) in [5.41, 5.74) is 0.798. The lowest BCUT2D eigenvalue weighted by Crippen LogP contribution is -2.36. The van der Waals surface area contributed by atoms with Gasteiger partial charge in [-0.05, 0) is 66.1 Å². The highest BCUT2D eigenvalue weighted by molar-refractivity contribution is 9.10. The lowest BCUT2D eigenvalue weighted by molar-refractivity contribution is 0.0677. The van der Waals surface area contributed by atoms with E-state index >= 15 is 0 Å².